The first kappa shape index (κ1) is 18.3. The van der Waals surface area contributed by atoms with Crippen LogP contribution >= 0.6 is 0 Å². The van der Waals surface area contributed by atoms with Crippen LogP contribution in [0.2, 0.25) is 0 Å². The Morgan fingerprint density at radius 2 is 1.54 bits per heavy atom. The number of hydrogen-bond donors (Lipinski definition) is 0. The van der Waals surface area contributed by atoms with Crippen molar-refractivity contribution in [2.45, 2.75) is 46.0 Å². The summed E-state index contributed by atoms with van der Waals surface area (Å²) in [6, 6.07) is 19.4. The molecule has 0 aliphatic heterocycles. The molecule has 1 nitrogen and oxygen atoms in total. The zero-order valence-corrected chi connectivity index (χ0v) is 15.6. The van der Waals surface area contributed by atoms with Gasteiger partial charge in [0, 0.05) is 11.3 Å². The predicted octanol–water partition coefficient (Wildman–Crippen LogP) is 6.38. The second kappa shape index (κ2) is 8.75. The van der Waals surface area contributed by atoms with E-state index in [1.807, 2.05) is 12.1 Å². The smallest absolute Gasteiger partial charge is 0.123 e. The zero-order valence-electron chi connectivity index (χ0n) is 15.6. The second-order valence-electron chi connectivity index (χ2n) is 6.76. The molecule has 1 heterocycles. The lowest BCUT2D eigenvalue weighted by atomic mass is 9.93. The monoisotopic (exact) mass is 347 g/mol. The first-order valence-electron chi connectivity index (χ1n) is 9.52. The highest BCUT2D eigenvalue weighted by Gasteiger charge is 2.13. The molecule has 0 amide bonds. The van der Waals surface area contributed by atoms with E-state index in [0.717, 1.165) is 43.4 Å². The maximum absolute atomic E-state index is 13.3. The fourth-order valence-corrected chi connectivity index (χ4v) is 3.42. The Balaban J connectivity index is 2.09. The van der Waals surface area contributed by atoms with Crippen LogP contribution in [0.15, 0.2) is 60.7 Å². The molecule has 2 aromatic carbocycles. The summed E-state index contributed by atoms with van der Waals surface area (Å²) in [5.41, 5.74) is 7.16. The van der Waals surface area contributed by atoms with E-state index in [1.165, 1.54) is 34.5 Å². The van der Waals surface area contributed by atoms with Crippen molar-refractivity contribution < 1.29 is 4.39 Å². The van der Waals surface area contributed by atoms with Gasteiger partial charge in [-0.25, -0.2) is 4.39 Å². The number of pyridine rings is 1. The topological polar surface area (TPSA) is 12.9 Å². The van der Waals surface area contributed by atoms with Crippen LogP contribution in [0.25, 0.3) is 11.3 Å². The molecule has 3 aromatic rings. The highest BCUT2D eigenvalue weighted by Crippen LogP contribution is 2.27. The molecule has 3 rings (SSSR count). The number of rotatable bonds is 7. The number of benzene rings is 2. The highest BCUT2D eigenvalue weighted by atomic mass is 19.1. The van der Waals surface area contributed by atoms with Crippen molar-refractivity contribution in [1.29, 1.82) is 0 Å². The third kappa shape index (κ3) is 4.37. The van der Waals surface area contributed by atoms with E-state index in [-0.39, 0.29) is 5.82 Å². The van der Waals surface area contributed by atoms with Crippen LogP contribution in [-0.4, -0.2) is 4.98 Å². The number of hydrogen-bond acceptors (Lipinski definition) is 1. The molecule has 0 fully saturated rings. The first-order valence-corrected chi connectivity index (χ1v) is 9.52. The molecule has 134 valence electrons. The van der Waals surface area contributed by atoms with Gasteiger partial charge in [0.2, 0.25) is 0 Å². The van der Waals surface area contributed by atoms with Crippen molar-refractivity contribution in [3.05, 3.63) is 88.9 Å². The number of aromatic nitrogens is 1. The highest BCUT2D eigenvalue weighted by molar-refractivity contribution is 5.61. The van der Waals surface area contributed by atoms with E-state index in [9.17, 15) is 4.39 Å². The fourth-order valence-electron chi connectivity index (χ4n) is 3.42. The van der Waals surface area contributed by atoms with Crippen molar-refractivity contribution in [3.8, 4) is 11.3 Å². The quantitative estimate of drug-likeness (QED) is 0.483. The van der Waals surface area contributed by atoms with E-state index in [4.69, 9.17) is 4.98 Å². The third-order valence-electron chi connectivity index (χ3n) is 4.67. The summed E-state index contributed by atoms with van der Waals surface area (Å²) < 4.78 is 13.3. The van der Waals surface area contributed by atoms with E-state index in [1.54, 1.807) is 0 Å². The molecule has 1 aromatic heterocycles. The summed E-state index contributed by atoms with van der Waals surface area (Å²) in [6.07, 6.45) is 5.11. The van der Waals surface area contributed by atoms with Crippen LogP contribution in [0.4, 0.5) is 4.39 Å². The molecule has 0 saturated carbocycles. The van der Waals surface area contributed by atoms with Crippen LogP contribution in [0.5, 0.6) is 0 Å². The molecule has 0 aliphatic carbocycles. The van der Waals surface area contributed by atoms with Crippen LogP contribution in [-0.2, 0) is 19.3 Å². The minimum atomic E-state index is -0.213. The molecule has 0 spiro atoms. The number of nitrogens with zero attached hydrogens (tertiary/aromatic N) is 1. The summed E-state index contributed by atoms with van der Waals surface area (Å²) in [4.78, 5) is 4.96. The largest absolute Gasteiger partial charge is 0.253 e. The van der Waals surface area contributed by atoms with Crippen molar-refractivity contribution in [2.24, 2.45) is 0 Å². The summed E-state index contributed by atoms with van der Waals surface area (Å²) >= 11 is 0. The van der Waals surface area contributed by atoms with Crippen LogP contribution in [0.3, 0.4) is 0 Å². The van der Waals surface area contributed by atoms with Crippen molar-refractivity contribution in [1.82, 2.24) is 4.98 Å². The minimum Gasteiger partial charge on any atom is -0.253 e. The van der Waals surface area contributed by atoms with Crippen LogP contribution < -0.4 is 0 Å². The van der Waals surface area contributed by atoms with Gasteiger partial charge in [-0.2, -0.15) is 0 Å². The molecule has 0 saturated heterocycles. The maximum atomic E-state index is 13.3. The van der Waals surface area contributed by atoms with Gasteiger partial charge in [0.05, 0.1) is 5.69 Å². The lowest BCUT2D eigenvalue weighted by Gasteiger charge is -2.16. The standard InChI is InChI=1S/C24H26FN/c1-3-8-22-20(16-18-10-6-5-7-11-18)17-24(26-23(22)9-4-2)19-12-14-21(25)15-13-19/h5-7,10-15,17H,3-4,8-9,16H2,1-2H3. The average molecular weight is 347 g/mol. The Kier molecular flexibility index (Phi) is 6.17. The third-order valence-corrected chi connectivity index (χ3v) is 4.67. The normalized spacial score (nSPS) is 10.9. The molecule has 2 heteroatoms. The SMILES string of the molecule is CCCc1nc(-c2ccc(F)cc2)cc(Cc2ccccc2)c1CCC. The molecule has 0 aliphatic rings. The average Bonchev–Trinajstić information content (AvgIpc) is 2.66. The zero-order chi connectivity index (χ0) is 18.4. The minimum absolute atomic E-state index is 0.213. The van der Waals surface area contributed by atoms with E-state index >= 15 is 0 Å². The van der Waals surface area contributed by atoms with E-state index < -0.39 is 0 Å². The Labute approximate surface area is 155 Å². The van der Waals surface area contributed by atoms with Gasteiger partial charge >= 0.3 is 0 Å². The molecule has 0 N–H and O–H groups in total. The van der Waals surface area contributed by atoms with Gasteiger partial charge in [0.1, 0.15) is 5.82 Å². The molecule has 0 bridgehead atoms. The lowest BCUT2D eigenvalue weighted by molar-refractivity contribution is 0.628. The Bertz CT molecular complexity index is 838. The van der Waals surface area contributed by atoms with Gasteiger partial charge in [-0.15, -0.1) is 0 Å². The van der Waals surface area contributed by atoms with E-state index in [2.05, 4.69) is 50.2 Å². The fraction of sp³-hybridized carbons (Fsp3) is 0.292. The Morgan fingerprint density at radius 1 is 0.846 bits per heavy atom. The predicted molar refractivity (Wildman–Crippen MR) is 107 cm³/mol. The summed E-state index contributed by atoms with van der Waals surface area (Å²) in [5, 5.41) is 0. The van der Waals surface area contributed by atoms with Gasteiger partial charge in [0.15, 0.2) is 0 Å². The molecular formula is C24H26FN. The first-order chi connectivity index (χ1) is 12.7. The molecule has 0 radical (unpaired) electrons. The van der Waals surface area contributed by atoms with Gasteiger partial charge in [0.25, 0.3) is 0 Å². The molecule has 0 unspecified atom stereocenters. The van der Waals surface area contributed by atoms with Crippen molar-refractivity contribution >= 4 is 0 Å². The number of aryl methyl sites for hydroxylation is 1. The van der Waals surface area contributed by atoms with Gasteiger partial charge in [-0.3, -0.25) is 4.98 Å². The summed E-state index contributed by atoms with van der Waals surface area (Å²) in [5.74, 6) is -0.213. The van der Waals surface area contributed by atoms with Gasteiger partial charge < -0.3 is 0 Å². The summed E-state index contributed by atoms with van der Waals surface area (Å²) in [6.45, 7) is 4.41. The summed E-state index contributed by atoms with van der Waals surface area (Å²) in [7, 11) is 0. The van der Waals surface area contributed by atoms with Gasteiger partial charge in [-0.1, -0.05) is 57.0 Å². The molecule has 26 heavy (non-hydrogen) atoms. The van der Waals surface area contributed by atoms with Crippen molar-refractivity contribution in [2.75, 3.05) is 0 Å². The Morgan fingerprint density at radius 3 is 2.19 bits per heavy atom. The lowest BCUT2D eigenvalue weighted by Crippen LogP contribution is -2.06. The van der Waals surface area contributed by atoms with E-state index in [0.29, 0.717) is 0 Å². The van der Waals surface area contributed by atoms with Gasteiger partial charge in [-0.05, 0) is 66.3 Å². The second-order valence-corrected chi connectivity index (χ2v) is 6.76. The molecular weight excluding hydrogens is 321 g/mol. The van der Waals surface area contributed by atoms with Crippen LogP contribution in [0.1, 0.15) is 49.1 Å². The maximum Gasteiger partial charge on any atom is 0.123 e. The van der Waals surface area contributed by atoms with Crippen molar-refractivity contribution in [3.63, 3.8) is 0 Å². The molecule has 0 atom stereocenters. The number of halogens is 1. The van der Waals surface area contributed by atoms with Crippen LogP contribution in [0, 0.1) is 5.82 Å². The Hall–Kier alpha value is -2.48.